The van der Waals surface area contributed by atoms with Gasteiger partial charge in [-0.25, -0.2) is 4.57 Å². The molecule has 336 valence electrons. The molecule has 0 saturated carbocycles. The molecule has 0 bridgehead atoms. The zero-order valence-electron chi connectivity index (χ0n) is 37.1. The number of phosphoric ester groups is 1. The van der Waals surface area contributed by atoms with Crippen molar-refractivity contribution < 1.29 is 37.6 Å². The number of rotatable bonds is 45. The van der Waals surface area contributed by atoms with Crippen molar-refractivity contribution in [2.24, 2.45) is 5.73 Å². The molecule has 0 aromatic heterocycles. The Labute approximate surface area is 351 Å². The van der Waals surface area contributed by atoms with Crippen LogP contribution in [-0.4, -0.2) is 49.3 Å². The lowest BCUT2D eigenvalue weighted by Gasteiger charge is -2.19. The summed E-state index contributed by atoms with van der Waals surface area (Å²) in [5.41, 5.74) is 5.35. The molecule has 57 heavy (non-hydrogen) atoms. The van der Waals surface area contributed by atoms with Gasteiger partial charge >= 0.3 is 19.8 Å². The van der Waals surface area contributed by atoms with Crippen LogP contribution >= 0.6 is 7.82 Å². The highest BCUT2D eigenvalue weighted by molar-refractivity contribution is 7.47. The van der Waals surface area contributed by atoms with Gasteiger partial charge in [-0.2, -0.15) is 0 Å². The minimum Gasteiger partial charge on any atom is -0.462 e. The molecular weight excluding hydrogens is 737 g/mol. The smallest absolute Gasteiger partial charge is 0.462 e. The van der Waals surface area contributed by atoms with Gasteiger partial charge in [-0.1, -0.05) is 179 Å². The summed E-state index contributed by atoms with van der Waals surface area (Å²) in [4.78, 5) is 34.9. The fourth-order valence-electron chi connectivity index (χ4n) is 6.74. The van der Waals surface area contributed by atoms with Crippen molar-refractivity contribution in [3.05, 3.63) is 24.3 Å². The Bertz CT molecular complexity index is 990. The van der Waals surface area contributed by atoms with Gasteiger partial charge in [0.2, 0.25) is 0 Å². The molecule has 0 aliphatic carbocycles. The number of phosphoric acid groups is 1. The van der Waals surface area contributed by atoms with Crippen LogP contribution in [0.3, 0.4) is 0 Å². The molecule has 0 spiro atoms. The predicted octanol–water partition coefficient (Wildman–Crippen LogP) is 13.9. The zero-order valence-corrected chi connectivity index (χ0v) is 38.0. The van der Waals surface area contributed by atoms with Gasteiger partial charge in [-0.3, -0.25) is 18.6 Å². The maximum absolute atomic E-state index is 12.6. The molecule has 0 fully saturated rings. The van der Waals surface area contributed by atoms with Gasteiger partial charge in [0.05, 0.1) is 13.2 Å². The Morgan fingerprint density at radius 3 is 1.28 bits per heavy atom. The standard InChI is InChI=1S/C47H90NO8P/c1-3-5-7-9-11-13-15-17-19-20-21-22-23-24-26-28-30-32-34-36-38-40-47(50)56-45(44-55-57(51,52)54-42-41-48)43-53-46(49)39-37-35-33-31-29-27-25-18-16-14-12-10-8-6-4-2/h17,19,29,31,45H,3-16,18,20-28,30,32-44,48H2,1-2H3,(H,51,52)/b19-17+,31-29+/t45-/m1/s1. The van der Waals surface area contributed by atoms with E-state index >= 15 is 0 Å². The highest BCUT2D eigenvalue weighted by Crippen LogP contribution is 2.43. The number of nitrogens with two attached hydrogens (primary N) is 1. The first-order valence-corrected chi connectivity index (χ1v) is 25.3. The Hall–Kier alpha value is -1.51. The summed E-state index contributed by atoms with van der Waals surface area (Å²) in [6, 6.07) is 0. The van der Waals surface area contributed by atoms with E-state index in [-0.39, 0.29) is 32.6 Å². The third-order valence-corrected chi connectivity index (χ3v) is 11.3. The van der Waals surface area contributed by atoms with Crippen LogP contribution in [-0.2, 0) is 32.7 Å². The van der Waals surface area contributed by atoms with Gasteiger partial charge < -0.3 is 20.1 Å². The van der Waals surface area contributed by atoms with Crippen molar-refractivity contribution in [3.63, 3.8) is 0 Å². The van der Waals surface area contributed by atoms with Crippen LogP contribution < -0.4 is 5.73 Å². The molecule has 2 atom stereocenters. The molecule has 0 saturated heterocycles. The van der Waals surface area contributed by atoms with E-state index in [4.69, 9.17) is 24.3 Å². The van der Waals surface area contributed by atoms with E-state index in [9.17, 15) is 19.0 Å². The maximum Gasteiger partial charge on any atom is 0.472 e. The van der Waals surface area contributed by atoms with Crippen molar-refractivity contribution in [2.45, 2.75) is 238 Å². The summed E-state index contributed by atoms with van der Waals surface area (Å²) < 4.78 is 32.8. The van der Waals surface area contributed by atoms with E-state index in [1.165, 1.54) is 154 Å². The number of ether oxygens (including phenoxy) is 2. The average Bonchev–Trinajstić information content (AvgIpc) is 3.20. The van der Waals surface area contributed by atoms with Crippen molar-refractivity contribution in [2.75, 3.05) is 26.4 Å². The summed E-state index contributed by atoms with van der Waals surface area (Å²) in [6.07, 6.45) is 47.9. The molecule has 10 heteroatoms. The van der Waals surface area contributed by atoms with Gasteiger partial charge in [-0.15, -0.1) is 0 Å². The Morgan fingerprint density at radius 2 is 0.860 bits per heavy atom. The number of carbonyl (C=O) groups excluding carboxylic acids is 2. The van der Waals surface area contributed by atoms with Crippen LogP contribution in [0.4, 0.5) is 0 Å². The molecule has 0 aliphatic heterocycles. The SMILES string of the molecule is CCCCCCCC/C=C/CCCCCCCCCCCCCC(=O)O[C@H](COC(=O)CCCC/C=C/CCCCCCCCCCC)COP(=O)(O)OCCN. The fraction of sp³-hybridized carbons (Fsp3) is 0.872. The first kappa shape index (κ1) is 55.5. The maximum atomic E-state index is 12.6. The largest absolute Gasteiger partial charge is 0.472 e. The Kier molecular flexibility index (Phi) is 42.9. The van der Waals surface area contributed by atoms with E-state index in [1.54, 1.807) is 0 Å². The van der Waals surface area contributed by atoms with Crippen LogP contribution in [0, 0.1) is 0 Å². The number of allylic oxidation sites excluding steroid dienone is 4. The Balaban J connectivity index is 4.08. The summed E-state index contributed by atoms with van der Waals surface area (Å²) in [6.45, 7) is 3.73. The van der Waals surface area contributed by atoms with E-state index < -0.39 is 32.5 Å². The van der Waals surface area contributed by atoms with Crippen LogP contribution in [0.5, 0.6) is 0 Å². The summed E-state index contributed by atoms with van der Waals surface area (Å²) in [5, 5.41) is 0. The lowest BCUT2D eigenvalue weighted by atomic mass is 10.0. The van der Waals surface area contributed by atoms with Crippen molar-refractivity contribution in [3.8, 4) is 0 Å². The highest BCUT2D eigenvalue weighted by Gasteiger charge is 2.26. The number of esters is 2. The molecule has 0 aromatic rings. The molecular formula is C47H90NO8P. The lowest BCUT2D eigenvalue weighted by molar-refractivity contribution is -0.161. The van der Waals surface area contributed by atoms with Gasteiger partial charge in [-0.05, 0) is 64.2 Å². The molecule has 1 unspecified atom stereocenters. The number of hydrogen-bond acceptors (Lipinski definition) is 8. The quantitative estimate of drug-likeness (QED) is 0.0266. The summed E-state index contributed by atoms with van der Waals surface area (Å²) >= 11 is 0. The van der Waals surface area contributed by atoms with Gasteiger partial charge in [0, 0.05) is 19.4 Å². The van der Waals surface area contributed by atoms with Crippen LogP contribution in [0.25, 0.3) is 0 Å². The van der Waals surface area contributed by atoms with Crippen LogP contribution in [0.1, 0.15) is 232 Å². The first-order chi connectivity index (χ1) is 27.8. The van der Waals surface area contributed by atoms with Crippen LogP contribution in [0.2, 0.25) is 0 Å². The van der Waals surface area contributed by atoms with Crippen molar-refractivity contribution in [1.82, 2.24) is 0 Å². The molecule has 0 amide bonds. The molecule has 0 rings (SSSR count). The second-order valence-electron chi connectivity index (χ2n) is 16.0. The van der Waals surface area contributed by atoms with E-state index in [0.717, 1.165) is 38.5 Å². The zero-order chi connectivity index (χ0) is 41.8. The van der Waals surface area contributed by atoms with E-state index in [2.05, 4.69) is 38.2 Å². The second-order valence-corrected chi connectivity index (χ2v) is 17.4. The molecule has 3 N–H and O–H groups in total. The van der Waals surface area contributed by atoms with Gasteiger partial charge in [0.1, 0.15) is 6.61 Å². The van der Waals surface area contributed by atoms with E-state index in [1.807, 2.05) is 0 Å². The normalized spacial score (nSPS) is 13.4. The minimum atomic E-state index is -4.38. The highest BCUT2D eigenvalue weighted by atomic mass is 31.2. The predicted molar refractivity (Wildman–Crippen MR) is 238 cm³/mol. The average molecular weight is 828 g/mol. The van der Waals surface area contributed by atoms with Crippen molar-refractivity contribution in [1.29, 1.82) is 0 Å². The lowest BCUT2D eigenvalue weighted by Crippen LogP contribution is -2.29. The van der Waals surface area contributed by atoms with Crippen molar-refractivity contribution >= 4 is 19.8 Å². The second kappa shape index (κ2) is 44.1. The van der Waals surface area contributed by atoms with Crippen LogP contribution in [0.15, 0.2) is 24.3 Å². The summed E-state index contributed by atoms with van der Waals surface area (Å²) in [7, 11) is -4.38. The summed E-state index contributed by atoms with van der Waals surface area (Å²) in [5.74, 6) is -0.846. The monoisotopic (exact) mass is 828 g/mol. The number of hydrogen-bond donors (Lipinski definition) is 2. The first-order valence-electron chi connectivity index (χ1n) is 23.8. The number of carbonyl (C=O) groups is 2. The van der Waals surface area contributed by atoms with Gasteiger partial charge in [0.25, 0.3) is 0 Å². The molecule has 0 aliphatic rings. The Morgan fingerprint density at radius 1 is 0.509 bits per heavy atom. The number of unbranched alkanes of at least 4 members (excludes halogenated alkanes) is 28. The molecule has 0 radical (unpaired) electrons. The third kappa shape index (κ3) is 43.9. The molecule has 9 nitrogen and oxygen atoms in total. The fourth-order valence-corrected chi connectivity index (χ4v) is 7.51. The molecule has 0 heterocycles. The minimum absolute atomic E-state index is 0.0523. The molecule has 0 aromatic carbocycles. The topological polar surface area (TPSA) is 134 Å². The van der Waals surface area contributed by atoms with E-state index in [0.29, 0.717) is 12.8 Å². The third-order valence-electron chi connectivity index (χ3n) is 10.3. The van der Waals surface area contributed by atoms with Gasteiger partial charge in [0.15, 0.2) is 6.10 Å².